The molecule has 2 rings (SSSR count). The summed E-state index contributed by atoms with van der Waals surface area (Å²) in [5.74, 6) is -0.260. The molecule has 98 valence electrons. The number of furan rings is 1. The van der Waals surface area contributed by atoms with E-state index in [2.05, 4.69) is 0 Å². The van der Waals surface area contributed by atoms with E-state index < -0.39 is 12.0 Å². The average Bonchev–Trinajstić information content (AvgIpc) is 2.97. The second-order valence-electron chi connectivity index (χ2n) is 4.41. The molecule has 1 aromatic rings. The first-order valence-electron chi connectivity index (χ1n) is 5.86. The van der Waals surface area contributed by atoms with E-state index in [0.29, 0.717) is 25.3 Å². The van der Waals surface area contributed by atoms with Gasteiger partial charge >= 0.3 is 12.0 Å². The second kappa shape index (κ2) is 5.12. The van der Waals surface area contributed by atoms with Crippen molar-refractivity contribution in [3.63, 3.8) is 0 Å². The molecule has 1 aliphatic rings. The monoisotopic (exact) mass is 252 g/mol. The predicted octanol–water partition coefficient (Wildman–Crippen LogP) is 1.38. The summed E-state index contributed by atoms with van der Waals surface area (Å²) in [7, 11) is 1.64. The SMILES string of the molecule is CN(Cc1ccco1)C(=O)N1CCC[C@@H]1C(=O)O. The molecule has 0 aromatic carbocycles. The Kier molecular flexibility index (Phi) is 3.55. The summed E-state index contributed by atoms with van der Waals surface area (Å²) in [6.07, 6.45) is 2.80. The third-order valence-corrected chi connectivity index (χ3v) is 3.08. The Labute approximate surface area is 105 Å². The molecule has 2 heterocycles. The molecule has 1 saturated heterocycles. The molecule has 0 unspecified atom stereocenters. The quantitative estimate of drug-likeness (QED) is 0.882. The smallest absolute Gasteiger partial charge is 0.326 e. The Hall–Kier alpha value is -1.98. The van der Waals surface area contributed by atoms with Crippen molar-refractivity contribution < 1.29 is 19.1 Å². The number of likely N-dealkylation sites (tertiary alicyclic amines) is 1. The number of carboxylic acid groups (broad SMARTS) is 1. The maximum atomic E-state index is 12.1. The van der Waals surface area contributed by atoms with Crippen molar-refractivity contribution in [2.24, 2.45) is 0 Å². The molecule has 0 saturated carbocycles. The van der Waals surface area contributed by atoms with Crippen LogP contribution in [0.1, 0.15) is 18.6 Å². The van der Waals surface area contributed by atoms with Crippen LogP contribution in [0.4, 0.5) is 4.79 Å². The molecule has 6 nitrogen and oxygen atoms in total. The predicted molar refractivity (Wildman–Crippen MR) is 62.9 cm³/mol. The summed E-state index contributed by atoms with van der Waals surface area (Å²) >= 11 is 0. The van der Waals surface area contributed by atoms with Crippen LogP contribution in [0.25, 0.3) is 0 Å². The maximum absolute atomic E-state index is 12.1. The van der Waals surface area contributed by atoms with E-state index in [1.807, 2.05) is 0 Å². The van der Waals surface area contributed by atoms with E-state index >= 15 is 0 Å². The highest BCUT2D eigenvalue weighted by Crippen LogP contribution is 2.19. The third kappa shape index (κ3) is 2.47. The molecule has 0 bridgehead atoms. The summed E-state index contributed by atoms with van der Waals surface area (Å²) in [5.41, 5.74) is 0. The van der Waals surface area contributed by atoms with E-state index in [0.717, 1.165) is 6.42 Å². The zero-order valence-electron chi connectivity index (χ0n) is 10.2. The number of carbonyl (C=O) groups excluding carboxylic acids is 1. The van der Waals surface area contributed by atoms with Crippen molar-refractivity contribution >= 4 is 12.0 Å². The number of amides is 2. The standard InChI is InChI=1S/C12H16N2O4/c1-13(8-9-4-3-7-18-9)12(17)14-6-2-5-10(14)11(15)16/h3-4,7,10H,2,5-6,8H2,1H3,(H,15,16)/t10-/m1/s1. The van der Waals surface area contributed by atoms with Gasteiger partial charge in [0.05, 0.1) is 12.8 Å². The molecule has 1 aromatic heterocycles. The van der Waals surface area contributed by atoms with E-state index in [4.69, 9.17) is 9.52 Å². The van der Waals surface area contributed by atoms with Gasteiger partial charge in [-0.3, -0.25) is 0 Å². The first-order chi connectivity index (χ1) is 8.59. The van der Waals surface area contributed by atoms with E-state index in [1.165, 1.54) is 9.80 Å². The first-order valence-corrected chi connectivity index (χ1v) is 5.86. The van der Waals surface area contributed by atoms with Gasteiger partial charge in [-0.05, 0) is 25.0 Å². The number of carboxylic acids is 1. The van der Waals surface area contributed by atoms with Crippen LogP contribution < -0.4 is 0 Å². The summed E-state index contributed by atoms with van der Waals surface area (Å²) in [6.45, 7) is 0.840. The van der Waals surface area contributed by atoms with Crippen molar-refractivity contribution in [2.75, 3.05) is 13.6 Å². The highest BCUT2D eigenvalue weighted by atomic mass is 16.4. The first kappa shape index (κ1) is 12.5. The van der Waals surface area contributed by atoms with Crippen LogP contribution in [0.2, 0.25) is 0 Å². The molecule has 0 aliphatic carbocycles. The Morgan fingerprint density at radius 3 is 3.00 bits per heavy atom. The summed E-state index contributed by atoms with van der Waals surface area (Å²) in [4.78, 5) is 26.0. The number of aliphatic carboxylic acids is 1. The lowest BCUT2D eigenvalue weighted by molar-refractivity contribution is -0.141. The molecular weight excluding hydrogens is 236 g/mol. The van der Waals surface area contributed by atoms with Crippen LogP contribution in [0.5, 0.6) is 0 Å². The lowest BCUT2D eigenvalue weighted by Gasteiger charge is -2.27. The number of hydrogen-bond donors (Lipinski definition) is 1. The Bertz CT molecular complexity index is 429. The van der Waals surface area contributed by atoms with Gasteiger partial charge in [0.2, 0.25) is 0 Å². The largest absolute Gasteiger partial charge is 0.480 e. The Balaban J connectivity index is 1.99. The molecule has 0 spiro atoms. The summed E-state index contributed by atoms with van der Waals surface area (Å²) < 4.78 is 5.16. The lowest BCUT2D eigenvalue weighted by atomic mass is 10.2. The van der Waals surface area contributed by atoms with E-state index in [1.54, 1.807) is 25.4 Å². The molecule has 1 aliphatic heterocycles. The van der Waals surface area contributed by atoms with Gasteiger partial charge in [-0.2, -0.15) is 0 Å². The van der Waals surface area contributed by atoms with Crippen LogP contribution in [-0.4, -0.2) is 46.5 Å². The van der Waals surface area contributed by atoms with Crippen LogP contribution in [0, 0.1) is 0 Å². The van der Waals surface area contributed by atoms with Gasteiger partial charge in [-0.1, -0.05) is 0 Å². The van der Waals surface area contributed by atoms with Gasteiger partial charge in [-0.25, -0.2) is 9.59 Å². The van der Waals surface area contributed by atoms with Gasteiger partial charge < -0.3 is 19.3 Å². The highest BCUT2D eigenvalue weighted by Gasteiger charge is 2.35. The van der Waals surface area contributed by atoms with Gasteiger partial charge in [0.15, 0.2) is 0 Å². The number of rotatable bonds is 3. The molecule has 18 heavy (non-hydrogen) atoms. The zero-order chi connectivity index (χ0) is 13.1. The van der Waals surface area contributed by atoms with Crippen LogP contribution in [-0.2, 0) is 11.3 Å². The fraction of sp³-hybridized carbons (Fsp3) is 0.500. The van der Waals surface area contributed by atoms with Crippen molar-refractivity contribution in [3.05, 3.63) is 24.2 Å². The van der Waals surface area contributed by atoms with Crippen molar-refractivity contribution in [1.29, 1.82) is 0 Å². The molecular formula is C12H16N2O4. The normalized spacial score (nSPS) is 18.9. The van der Waals surface area contributed by atoms with E-state index in [9.17, 15) is 9.59 Å². The molecule has 6 heteroatoms. The minimum atomic E-state index is -0.938. The van der Waals surface area contributed by atoms with Gasteiger partial charge in [-0.15, -0.1) is 0 Å². The van der Waals surface area contributed by atoms with Gasteiger partial charge in [0.1, 0.15) is 11.8 Å². The van der Waals surface area contributed by atoms with Crippen molar-refractivity contribution in [3.8, 4) is 0 Å². The molecule has 1 N–H and O–H groups in total. The maximum Gasteiger partial charge on any atom is 0.326 e. The highest BCUT2D eigenvalue weighted by molar-refractivity contribution is 5.83. The second-order valence-corrected chi connectivity index (χ2v) is 4.41. The number of nitrogens with zero attached hydrogens (tertiary/aromatic N) is 2. The Morgan fingerprint density at radius 1 is 1.61 bits per heavy atom. The fourth-order valence-corrected chi connectivity index (χ4v) is 2.18. The molecule has 1 atom stereocenters. The minimum Gasteiger partial charge on any atom is -0.480 e. The van der Waals surface area contributed by atoms with Crippen molar-refractivity contribution in [2.45, 2.75) is 25.4 Å². The summed E-state index contributed by atoms with van der Waals surface area (Å²) in [6, 6.07) is 2.57. The molecule has 2 amide bonds. The van der Waals surface area contributed by atoms with Crippen molar-refractivity contribution in [1.82, 2.24) is 9.80 Å². The number of urea groups is 1. The summed E-state index contributed by atoms with van der Waals surface area (Å²) in [5, 5.41) is 9.04. The van der Waals surface area contributed by atoms with Gasteiger partial charge in [0, 0.05) is 13.6 Å². The molecule has 1 fully saturated rings. The van der Waals surface area contributed by atoms with Crippen LogP contribution in [0.15, 0.2) is 22.8 Å². The zero-order valence-corrected chi connectivity index (χ0v) is 10.2. The topological polar surface area (TPSA) is 74.0 Å². The number of carbonyl (C=O) groups is 2. The average molecular weight is 252 g/mol. The van der Waals surface area contributed by atoms with Gasteiger partial charge in [0.25, 0.3) is 0 Å². The lowest BCUT2D eigenvalue weighted by Crippen LogP contribution is -2.46. The van der Waals surface area contributed by atoms with Crippen LogP contribution >= 0.6 is 0 Å². The number of hydrogen-bond acceptors (Lipinski definition) is 3. The molecule has 0 radical (unpaired) electrons. The fourth-order valence-electron chi connectivity index (χ4n) is 2.18. The Morgan fingerprint density at radius 2 is 2.39 bits per heavy atom. The van der Waals surface area contributed by atoms with E-state index in [-0.39, 0.29) is 6.03 Å². The minimum absolute atomic E-state index is 0.267. The third-order valence-electron chi connectivity index (χ3n) is 3.08. The van der Waals surface area contributed by atoms with Crippen LogP contribution in [0.3, 0.4) is 0 Å².